The summed E-state index contributed by atoms with van der Waals surface area (Å²) in [6, 6.07) is 1.04. The Morgan fingerprint density at radius 3 is 2.86 bits per heavy atom. The molecule has 3 atom stereocenters. The molecule has 2 N–H and O–H groups in total. The number of nitrogens with zero attached hydrogens (tertiary/aromatic N) is 1. The monoisotopic (exact) mass is 298 g/mol. The third-order valence-electron chi connectivity index (χ3n) is 4.96. The van der Waals surface area contributed by atoms with Crippen molar-refractivity contribution in [3.63, 3.8) is 0 Å². The fraction of sp³-hybridized carbons (Fsp3) is 1.00. The first-order valence-electron chi connectivity index (χ1n) is 8.83. The molecule has 2 fully saturated rings. The summed E-state index contributed by atoms with van der Waals surface area (Å²) in [5, 5.41) is 13.5. The van der Waals surface area contributed by atoms with Gasteiger partial charge in [-0.2, -0.15) is 0 Å². The van der Waals surface area contributed by atoms with Gasteiger partial charge in [0.05, 0.1) is 12.7 Å². The second-order valence-electron chi connectivity index (χ2n) is 7.26. The Bertz CT molecular complexity index is 311. The Kier molecular flexibility index (Phi) is 6.48. The minimum atomic E-state index is -0.0595. The van der Waals surface area contributed by atoms with E-state index >= 15 is 0 Å². The van der Waals surface area contributed by atoms with E-state index in [4.69, 9.17) is 4.74 Å². The largest absolute Gasteiger partial charge is 0.394 e. The molecular weight excluding hydrogens is 264 g/mol. The maximum absolute atomic E-state index is 9.84. The summed E-state index contributed by atoms with van der Waals surface area (Å²) in [4.78, 5) is 2.61. The van der Waals surface area contributed by atoms with Crippen molar-refractivity contribution < 1.29 is 9.84 Å². The summed E-state index contributed by atoms with van der Waals surface area (Å²) in [6.45, 7) is 9.92. The van der Waals surface area contributed by atoms with Crippen LogP contribution in [0.5, 0.6) is 0 Å². The molecule has 0 aromatic heterocycles. The molecule has 124 valence electrons. The number of rotatable bonds is 7. The minimum Gasteiger partial charge on any atom is -0.394 e. The number of piperidine rings is 1. The second kappa shape index (κ2) is 7.91. The average Bonchev–Trinajstić information content (AvgIpc) is 2.89. The molecule has 21 heavy (non-hydrogen) atoms. The van der Waals surface area contributed by atoms with Gasteiger partial charge in [0, 0.05) is 30.8 Å². The third kappa shape index (κ3) is 4.65. The highest BCUT2D eigenvalue weighted by Crippen LogP contribution is 2.34. The fourth-order valence-electron chi connectivity index (χ4n) is 4.06. The van der Waals surface area contributed by atoms with E-state index < -0.39 is 0 Å². The minimum absolute atomic E-state index is 0.0595. The molecule has 0 bridgehead atoms. The van der Waals surface area contributed by atoms with Crippen molar-refractivity contribution >= 4 is 0 Å². The SMILES string of the molecule is CCCOC1CCCN(C2CCC(CO)(NC(C)C)C2)C1. The van der Waals surface area contributed by atoms with Crippen LogP contribution in [-0.2, 0) is 4.74 Å². The fourth-order valence-corrected chi connectivity index (χ4v) is 4.06. The number of aliphatic hydroxyl groups is 1. The molecule has 2 rings (SSSR count). The lowest BCUT2D eigenvalue weighted by molar-refractivity contribution is -0.0132. The van der Waals surface area contributed by atoms with Gasteiger partial charge in [-0.15, -0.1) is 0 Å². The molecule has 3 unspecified atom stereocenters. The van der Waals surface area contributed by atoms with Gasteiger partial charge in [0.25, 0.3) is 0 Å². The van der Waals surface area contributed by atoms with Crippen molar-refractivity contribution in [3.05, 3.63) is 0 Å². The first-order chi connectivity index (χ1) is 10.1. The first-order valence-corrected chi connectivity index (χ1v) is 8.83. The maximum Gasteiger partial charge on any atom is 0.0702 e. The van der Waals surface area contributed by atoms with Gasteiger partial charge in [-0.3, -0.25) is 4.90 Å². The Balaban J connectivity index is 1.87. The van der Waals surface area contributed by atoms with E-state index in [9.17, 15) is 5.11 Å². The van der Waals surface area contributed by atoms with Gasteiger partial charge in [-0.1, -0.05) is 20.8 Å². The summed E-state index contributed by atoms with van der Waals surface area (Å²) >= 11 is 0. The lowest BCUT2D eigenvalue weighted by Crippen LogP contribution is -2.52. The smallest absolute Gasteiger partial charge is 0.0702 e. The van der Waals surface area contributed by atoms with Crippen LogP contribution in [0.3, 0.4) is 0 Å². The highest BCUT2D eigenvalue weighted by atomic mass is 16.5. The van der Waals surface area contributed by atoms with Crippen LogP contribution in [0.15, 0.2) is 0 Å². The standard InChI is InChI=1S/C17H34N2O2/c1-4-10-21-16-6-5-9-19(12-16)15-7-8-17(11-15,13-20)18-14(2)3/h14-16,18,20H,4-13H2,1-3H3. The molecular formula is C17H34N2O2. The molecule has 0 aromatic rings. The zero-order chi connectivity index (χ0) is 15.3. The van der Waals surface area contributed by atoms with Crippen molar-refractivity contribution in [1.29, 1.82) is 0 Å². The highest BCUT2D eigenvalue weighted by Gasteiger charge is 2.41. The van der Waals surface area contributed by atoms with E-state index in [1.165, 1.54) is 25.8 Å². The van der Waals surface area contributed by atoms with E-state index in [1.807, 2.05) is 0 Å². The van der Waals surface area contributed by atoms with Crippen LogP contribution in [-0.4, -0.2) is 60.0 Å². The molecule has 1 saturated heterocycles. The van der Waals surface area contributed by atoms with Crippen molar-refractivity contribution in [2.45, 2.75) is 83.0 Å². The van der Waals surface area contributed by atoms with Crippen molar-refractivity contribution in [2.24, 2.45) is 0 Å². The summed E-state index contributed by atoms with van der Waals surface area (Å²) < 4.78 is 5.96. The van der Waals surface area contributed by atoms with Crippen LogP contribution in [0.2, 0.25) is 0 Å². The van der Waals surface area contributed by atoms with Gasteiger partial charge in [-0.25, -0.2) is 0 Å². The van der Waals surface area contributed by atoms with Gasteiger partial charge in [0.2, 0.25) is 0 Å². The summed E-state index contributed by atoms with van der Waals surface area (Å²) in [5.41, 5.74) is -0.0595. The predicted octanol–water partition coefficient (Wildman–Crippen LogP) is 2.16. The van der Waals surface area contributed by atoms with Gasteiger partial charge in [-0.05, 0) is 45.1 Å². The first kappa shape index (κ1) is 17.2. The van der Waals surface area contributed by atoms with Gasteiger partial charge < -0.3 is 15.2 Å². The molecule has 1 aliphatic carbocycles. The molecule has 0 radical (unpaired) electrons. The quantitative estimate of drug-likeness (QED) is 0.756. The number of hydrogen-bond acceptors (Lipinski definition) is 4. The number of hydrogen-bond donors (Lipinski definition) is 2. The number of ether oxygens (including phenoxy) is 1. The zero-order valence-corrected chi connectivity index (χ0v) is 14.1. The summed E-state index contributed by atoms with van der Waals surface area (Å²) in [5.74, 6) is 0. The summed E-state index contributed by atoms with van der Waals surface area (Å²) in [7, 11) is 0. The molecule has 1 saturated carbocycles. The van der Waals surface area contributed by atoms with Gasteiger partial charge in [0.15, 0.2) is 0 Å². The molecule has 1 aliphatic heterocycles. The van der Waals surface area contributed by atoms with Crippen molar-refractivity contribution in [2.75, 3.05) is 26.3 Å². The molecule has 2 aliphatic rings. The molecule has 0 amide bonds. The second-order valence-corrected chi connectivity index (χ2v) is 7.26. The van der Waals surface area contributed by atoms with Gasteiger partial charge in [0.1, 0.15) is 0 Å². The topological polar surface area (TPSA) is 44.7 Å². The van der Waals surface area contributed by atoms with Gasteiger partial charge >= 0.3 is 0 Å². The maximum atomic E-state index is 9.84. The van der Waals surface area contributed by atoms with E-state index in [2.05, 4.69) is 31.0 Å². The van der Waals surface area contributed by atoms with E-state index in [0.717, 1.165) is 32.4 Å². The van der Waals surface area contributed by atoms with Crippen LogP contribution in [0, 0.1) is 0 Å². The normalized spacial score (nSPS) is 34.7. The Morgan fingerprint density at radius 2 is 2.19 bits per heavy atom. The van der Waals surface area contributed by atoms with Crippen LogP contribution >= 0.6 is 0 Å². The van der Waals surface area contributed by atoms with Crippen molar-refractivity contribution in [3.8, 4) is 0 Å². The van der Waals surface area contributed by atoms with E-state index in [1.54, 1.807) is 0 Å². The molecule has 4 nitrogen and oxygen atoms in total. The third-order valence-corrected chi connectivity index (χ3v) is 4.96. The lowest BCUT2D eigenvalue weighted by atomic mass is 9.96. The lowest BCUT2D eigenvalue weighted by Gasteiger charge is -2.38. The van der Waals surface area contributed by atoms with Crippen molar-refractivity contribution in [1.82, 2.24) is 10.2 Å². The van der Waals surface area contributed by atoms with Crippen LogP contribution in [0.25, 0.3) is 0 Å². The molecule has 0 aromatic carbocycles. The van der Waals surface area contributed by atoms with E-state index in [-0.39, 0.29) is 12.1 Å². The predicted molar refractivity (Wildman–Crippen MR) is 86.6 cm³/mol. The summed E-state index contributed by atoms with van der Waals surface area (Å²) in [6.07, 6.45) is 7.33. The zero-order valence-electron chi connectivity index (χ0n) is 14.1. The Morgan fingerprint density at radius 1 is 1.38 bits per heavy atom. The van der Waals surface area contributed by atoms with Crippen LogP contribution < -0.4 is 5.32 Å². The Hall–Kier alpha value is -0.160. The van der Waals surface area contributed by atoms with Crippen LogP contribution in [0.1, 0.15) is 59.3 Å². The molecule has 0 spiro atoms. The number of nitrogens with one attached hydrogen (secondary N) is 1. The molecule has 1 heterocycles. The number of aliphatic hydroxyl groups excluding tert-OH is 1. The number of likely N-dealkylation sites (tertiary alicyclic amines) is 1. The average molecular weight is 298 g/mol. The van der Waals surface area contributed by atoms with Crippen LogP contribution in [0.4, 0.5) is 0 Å². The van der Waals surface area contributed by atoms with E-state index in [0.29, 0.717) is 18.2 Å². The molecule has 4 heteroatoms. The Labute approximate surface area is 130 Å². The highest BCUT2D eigenvalue weighted by molar-refractivity contribution is 5.00.